The van der Waals surface area contributed by atoms with Crippen molar-refractivity contribution in [3.63, 3.8) is 0 Å². The lowest BCUT2D eigenvalue weighted by molar-refractivity contribution is -0.126. The van der Waals surface area contributed by atoms with Gasteiger partial charge in [-0.1, -0.05) is 30.3 Å². The molecular formula is C23H24N4O3. The molecule has 2 N–H and O–H groups in total. The summed E-state index contributed by atoms with van der Waals surface area (Å²) >= 11 is 0. The lowest BCUT2D eigenvalue weighted by Crippen LogP contribution is -2.44. The summed E-state index contributed by atoms with van der Waals surface area (Å²) in [4.78, 5) is 24.4. The Morgan fingerprint density at radius 2 is 1.87 bits per heavy atom. The molecule has 0 radical (unpaired) electrons. The number of nitrogens with zero attached hydrogens (tertiary/aromatic N) is 2. The molecule has 0 aliphatic carbocycles. The third-order valence-corrected chi connectivity index (χ3v) is 4.42. The number of aromatic nitrogens is 2. The molecule has 2 amide bonds. The van der Waals surface area contributed by atoms with Crippen molar-refractivity contribution in [1.82, 2.24) is 20.4 Å². The van der Waals surface area contributed by atoms with E-state index < -0.39 is 6.04 Å². The van der Waals surface area contributed by atoms with Crippen LogP contribution in [0, 0.1) is 0 Å². The molecule has 7 heteroatoms. The van der Waals surface area contributed by atoms with Crippen LogP contribution >= 0.6 is 0 Å². The summed E-state index contributed by atoms with van der Waals surface area (Å²) in [5.74, 6) is 0.134. The second kappa shape index (κ2) is 10.1. The molecule has 0 unspecified atom stereocenters. The van der Waals surface area contributed by atoms with Crippen LogP contribution in [-0.2, 0) is 16.1 Å². The smallest absolute Gasteiger partial charge is 0.244 e. The van der Waals surface area contributed by atoms with Crippen LogP contribution in [0.15, 0.2) is 73.1 Å². The van der Waals surface area contributed by atoms with E-state index in [1.807, 2.05) is 60.8 Å². The van der Waals surface area contributed by atoms with Crippen LogP contribution < -0.4 is 15.4 Å². The maximum absolute atomic E-state index is 12.3. The fraction of sp³-hybridized carbons (Fsp3) is 0.174. The summed E-state index contributed by atoms with van der Waals surface area (Å²) < 4.78 is 6.85. The predicted molar refractivity (Wildman–Crippen MR) is 115 cm³/mol. The van der Waals surface area contributed by atoms with E-state index in [9.17, 15) is 9.59 Å². The molecule has 0 spiro atoms. The highest BCUT2D eigenvalue weighted by Gasteiger charge is 2.14. The van der Waals surface area contributed by atoms with Crippen LogP contribution in [0.1, 0.15) is 18.1 Å². The molecule has 30 heavy (non-hydrogen) atoms. The first-order valence-electron chi connectivity index (χ1n) is 9.54. The number of amides is 2. The van der Waals surface area contributed by atoms with Crippen molar-refractivity contribution in [3.05, 3.63) is 84.2 Å². The Labute approximate surface area is 175 Å². The fourth-order valence-electron chi connectivity index (χ4n) is 2.73. The second-order valence-electron chi connectivity index (χ2n) is 6.68. The van der Waals surface area contributed by atoms with Crippen LogP contribution in [0.25, 0.3) is 11.8 Å². The van der Waals surface area contributed by atoms with Gasteiger partial charge in [-0.05, 0) is 42.8 Å². The number of hydrogen-bond acceptors (Lipinski definition) is 4. The largest absolute Gasteiger partial charge is 0.497 e. The van der Waals surface area contributed by atoms with Gasteiger partial charge in [-0.2, -0.15) is 5.10 Å². The van der Waals surface area contributed by atoms with E-state index in [0.29, 0.717) is 6.54 Å². The normalized spacial score (nSPS) is 11.8. The number of para-hydroxylation sites is 1. The number of carbonyl (C=O) groups excluding carboxylic acids is 2. The molecule has 3 rings (SSSR count). The van der Waals surface area contributed by atoms with Crippen LogP contribution in [0.3, 0.4) is 0 Å². The summed E-state index contributed by atoms with van der Waals surface area (Å²) in [5.41, 5.74) is 2.67. The van der Waals surface area contributed by atoms with Gasteiger partial charge in [0.2, 0.25) is 11.8 Å². The molecule has 0 fully saturated rings. The van der Waals surface area contributed by atoms with Crippen molar-refractivity contribution < 1.29 is 14.3 Å². The number of rotatable bonds is 8. The zero-order valence-electron chi connectivity index (χ0n) is 16.9. The topological polar surface area (TPSA) is 85.2 Å². The number of benzene rings is 2. The molecule has 0 aliphatic rings. The zero-order valence-corrected chi connectivity index (χ0v) is 16.9. The molecule has 7 nitrogen and oxygen atoms in total. The van der Waals surface area contributed by atoms with Gasteiger partial charge in [0.15, 0.2) is 0 Å². The Hall–Kier alpha value is -3.87. The Bertz CT molecular complexity index is 1010. The summed E-state index contributed by atoms with van der Waals surface area (Å²) in [6.45, 7) is 1.97. The van der Waals surface area contributed by atoms with E-state index in [2.05, 4.69) is 15.7 Å². The number of nitrogens with one attached hydrogen (secondary N) is 2. The van der Waals surface area contributed by atoms with E-state index in [1.165, 1.54) is 6.08 Å². The van der Waals surface area contributed by atoms with Gasteiger partial charge >= 0.3 is 0 Å². The molecule has 0 bridgehead atoms. The molecule has 0 aliphatic heterocycles. The first kappa shape index (κ1) is 20.9. The highest BCUT2D eigenvalue weighted by Crippen LogP contribution is 2.12. The third-order valence-electron chi connectivity index (χ3n) is 4.42. The van der Waals surface area contributed by atoms with Gasteiger partial charge in [-0.15, -0.1) is 0 Å². The molecular weight excluding hydrogens is 380 g/mol. The van der Waals surface area contributed by atoms with Crippen molar-refractivity contribution >= 4 is 17.9 Å². The quantitative estimate of drug-likeness (QED) is 0.566. The van der Waals surface area contributed by atoms with E-state index in [1.54, 1.807) is 31.0 Å². The van der Waals surface area contributed by atoms with E-state index in [4.69, 9.17) is 4.74 Å². The van der Waals surface area contributed by atoms with Gasteiger partial charge in [0.25, 0.3) is 0 Å². The monoisotopic (exact) mass is 404 g/mol. The molecule has 1 atom stereocenters. The summed E-state index contributed by atoms with van der Waals surface area (Å²) in [6.07, 6.45) is 6.64. The molecule has 1 aromatic heterocycles. The number of hydrogen-bond donors (Lipinski definition) is 2. The predicted octanol–water partition coefficient (Wildman–Crippen LogP) is 2.72. The molecule has 3 aromatic rings. The SMILES string of the molecule is COc1ccc(/C=C/C(=O)N[C@H](C)C(=O)NCc2cnn(-c3ccccc3)c2)cc1. The van der Waals surface area contributed by atoms with Crippen molar-refractivity contribution in [2.24, 2.45) is 0 Å². The summed E-state index contributed by atoms with van der Waals surface area (Å²) in [6, 6.07) is 16.4. The average molecular weight is 404 g/mol. The van der Waals surface area contributed by atoms with Gasteiger partial charge in [0.05, 0.1) is 19.0 Å². The number of methoxy groups -OCH3 is 1. The van der Waals surface area contributed by atoms with Crippen LogP contribution in [0.4, 0.5) is 0 Å². The Morgan fingerprint density at radius 3 is 2.57 bits per heavy atom. The Balaban J connectivity index is 1.46. The maximum atomic E-state index is 12.3. The van der Waals surface area contributed by atoms with Crippen LogP contribution in [0.5, 0.6) is 5.75 Å². The lowest BCUT2D eigenvalue weighted by Gasteiger charge is -2.12. The Kier molecular flexibility index (Phi) is 7.00. The van der Waals surface area contributed by atoms with Gasteiger partial charge in [-0.3, -0.25) is 9.59 Å². The number of carbonyl (C=O) groups is 2. The second-order valence-corrected chi connectivity index (χ2v) is 6.68. The van der Waals surface area contributed by atoms with Gasteiger partial charge in [0, 0.05) is 24.4 Å². The van der Waals surface area contributed by atoms with Crippen molar-refractivity contribution in [1.29, 1.82) is 0 Å². The van der Waals surface area contributed by atoms with E-state index in [0.717, 1.165) is 22.6 Å². The average Bonchev–Trinajstić information content (AvgIpc) is 3.26. The highest BCUT2D eigenvalue weighted by molar-refractivity contribution is 5.95. The van der Waals surface area contributed by atoms with Crippen molar-refractivity contribution in [2.75, 3.05) is 7.11 Å². The minimum absolute atomic E-state index is 0.270. The standard InChI is InChI=1S/C23H24N4O3/c1-17(26-22(28)13-10-18-8-11-21(30-2)12-9-18)23(29)24-14-19-15-25-27(16-19)20-6-4-3-5-7-20/h3-13,15-17H,14H2,1-2H3,(H,24,29)(H,26,28)/b13-10+/t17-/m1/s1. The molecule has 0 saturated heterocycles. The van der Waals surface area contributed by atoms with E-state index >= 15 is 0 Å². The van der Waals surface area contributed by atoms with E-state index in [-0.39, 0.29) is 11.8 Å². The lowest BCUT2D eigenvalue weighted by atomic mass is 10.2. The van der Waals surface area contributed by atoms with Crippen molar-refractivity contribution in [3.8, 4) is 11.4 Å². The van der Waals surface area contributed by atoms with Crippen LogP contribution in [-0.4, -0.2) is 34.7 Å². The molecule has 1 heterocycles. The molecule has 154 valence electrons. The van der Waals surface area contributed by atoms with Crippen LogP contribution in [0.2, 0.25) is 0 Å². The highest BCUT2D eigenvalue weighted by atomic mass is 16.5. The Morgan fingerprint density at radius 1 is 1.13 bits per heavy atom. The minimum atomic E-state index is -0.665. The van der Waals surface area contributed by atoms with Gasteiger partial charge in [-0.25, -0.2) is 4.68 Å². The first-order valence-corrected chi connectivity index (χ1v) is 9.54. The number of ether oxygens (including phenoxy) is 1. The fourth-order valence-corrected chi connectivity index (χ4v) is 2.73. The first-order chi connectivity index (χ1) is 14.5. The third kappa shape index (κ3) is 5.81. The summed E-state index contributed by atoms with van der Waals surface area (Å²) in [7, 11) is 1.60. The molecule has 2 aromatic carbocycles. The molecule has 0 saturated carbocycles. The summed E-state index contributed by atoms with van der Waals surface area (Å²) in [5, 5.41) is 9.77. The van der Waals surface area contributed by atoms with Crippen molar-refractivity contribution in [2.45, 2.75) is 19.5 Å². The van der Waals surface area contributed by atoms with Gasteiger partial charge < -0.3 is 15.4 Å². The minimum Gasteiger partial charge on any atom is -0.497 e. The van der Waals surface area contributed by atoms with Gasteiger partial charge in [0.1, 0.15) is 11.8 Å². The maximum Gasteiger partial charge on any atom is 0.244 e. The zero-order chi connectivity index (χ0) is 21.3.